The van der Waals surface area contributed by atoms with Gasteiger partial charge < -0.3 is 14.1 Å². The largest absolute Gasteiger partial charge is 0.497 e. The van der Waals surface area contributed by atoms with Crippen LogP contribution in [-0.4, -0.2) is 30.2 Å². The average Bonchev–Trinajstić information content (AvgIpc) is 3.17. The van der Waals surface area contributed by atoms with Crippen LogP contribution in [0.2, 0.25) is 0 Å². The minimum Gasteiger partial charge on any atom is -0.497 e. The maximum absolute atomic E-state index is 13.0. The van der Waals surface area contributed by atoms with E-state index >= 15 is 0 Å². The van der Waals surface area contributed by atoms with E-state index in [9.17, 15) is 9.59 Å². The van der Waals surface area contributed by atoms with E-state index in [2.05, 4.69) is 0 Å². The molecule has 1 unspecified atom stereocenters. The van der Waals surface area contributed by atoms with Crippen molar-refractivity contribution in [3.8, 4) is 5.75 Å². The average molecular weight is 367 g/mol. The molecule has 1 aromatic heterocycles. The summed E-state index contributed by atoms with van der Waals surface area (Å²) in [6.45, 7) is 0.590. The molecule has 2 heterocycles. The second kappa shape index (κ2) is 6.88. The lowest BCUT2D eigenvalue weighted by Gasteiger charge is -2.24. The number of methoxy groups -OCH3 is 1. The molecular formula is C20H17NO4S. The highest BCUT2D eigenvalue weighted by atomic mass is 32.2. The molecule has 0 N–H and O–H groups in total. The van der Waals surface area contributed by atoms with Gasteiger partial charge >= 0.3 is 5.63 Å². The summed E-state index contributed by atoms with van der Waals surface area (Å²) in [5.41, 5.74) is 0.965. The van der Waals surface area contributed by atoms with Crippen molar-refractivity contribution in [3.63, 3.8) is 0 Å². The zero-order chi connectivity index (χ0) is 18.1. The summed E-state index contributed by atoms with van der Waals surface area (Å²) in [6, 6.07) is 16.5. The summed E-state index contributed by atoms with van der Waals surface area (Å²) in [5.74, 6) is 1.29. The Kier molecular flexibility index (Phi) is 4.42. The Labute approximate surface area is 154 Å². The molecule has 0 aliphatic carbocycles. The number of nitrogens with zero attached hydrogens (tertiary/aromatic N) is 1. The van der Waals surface area contributed by atoms with E-state index in [-0.39, 0.29) is 16.8 Å². The van der Waals surface area contributed by atoms with Crippen LogP contribution in [0.15, 0.2) is 63.8 Å². The van der Waals surface area contributed by atoms with Gasteiger partial charge in [0.2, 0.25) is 0 Å². The topological polar surface area (TPSA) is 59.8 Å². The first-order chi connectivity index (χ1) is 12.7. The number of para-hydroxylation sites is 1. The zero-order valence-corrected chi connectivity index (χ0v) is 15.0. The molecule has 0 saturated carbocycles. The number of amides is 1. The number of thioether (sulfide) groups is 1. The van der Waals surface area contributed by atoms with Crippen molar-refractivity contribution in [2.45, 2.75) is 5.37 Å². The standard InChI is InChI=1S/C20H17NO4S/c1-24-15-8-6-13(7-9-15)19-21(10-11-26-19)18(22)16-12-14-4-2-3-5-17(14)25-20(16)23/h2-9,12,19H,10-11H2,1H3. The smallest absolute Gasteiger partial charge is 0.349 e. The fourth-order valence-electron chi connectivity index (χ4n) is 3.09. The van der Waals surface area contributed by atoms with Crippen LogP contribution in [0, 0.1) is 0 Å². The van der Waals surface area contributed by atoms with Crippen molar-refractivity contribution in [1.29, 1.82) is 0 Å². The Bertz CT molecular complexity index is 1010. The minimum absolute atomic E-state index is 0.0738. The van der Waals surface area contributed by atoms with E-state index in [0.29, 0.717) is 12.1 Å². The SMILES string of the molecule is COc1ccc(C2SCCN2C(=O)c2cc3ccccc3oc2=O)cc1. The van der Waals surface area contributed by atoms with Crippen molar-refractivity contribution in [2.24, 2.45) is 0 Å². The molecule has 0 spiro atoms. The molecule has 3 aromatic rings. The predicted octanol–water partition coefficient (Wildman–Crippen LogP) is 3.69. The number of hydrogen-bond donors (Lipinski definition) is 0. The highest BCUT2D eigenvalue weighted by molar-refractivity contribution is 7.99. The van der Waals surface area contributed by atoms with Crippen molar-refractivity contribution < 1.29 is 13.9 Å². The lowest BCUT2D eigenvalue weighted by atomic mass is 10.1. The summed E-state index contributed by atoms with van der Waals surface area (Å²) < 4.78 is 10.5. The lowest BCUT2D eigenvalue weighted by molar-refractivity contribution is 0.0756. The monoisotopic (exact) mass is 367 g/mol. The lowest BCUT2D eigenvalue weighted by Crippen LogP contribution is -2.33. The third-order valence-electron chi connectivity index (χ3n) is 4.42. The van der Waals surface area contributed by atoms with Gasteiger partial charge in [0.15, 0.2) is 0 Å². The van der Waals surface area contributed by atoms with Crippen LogP contribution in [0.25, 0.3) is 11.0 Å². The van der Waals surface area contributed by atoms with E-state index in [1.807, 2.05) is 36.4 Å². The molecule has 5 nitrogen and oxygen atoms in total. The fraction of sp³-hybridized carbons (Fsp3) is 0.200. The molecule has 1 atom stereocenters. The van der Waals surface area contributed by atoms with Gasteiger partial charge in [-0.1, -0.05) is 30.3 Å². The molecule has 26 heavy (non-hydrogen) atoms. The van der Waals surface area contributed by atoms with Gasteiger partial charge in [-0.25, -0.2) is 4.79 Å². The van der Waals surface area contributed by atoms with Crippen LogP contribution in [0.5, 0.6) is 5.75 Å². The Balaban J connectivity index is 1.68. The van der Waals surface area contributed by atoms with Crippen LogP contribution >= 0.6 is 11.8 Å². The fourth-order valence-corrected chi connectivity index (χ4v) is 4.34. The first-order valence-corrected chi connectivity index (χ1v) is 9.31. The Hall–Kier alpha value is -2.73. The maximum atomic E-state index is 13.0. The van der Waals surface area contributed by atoms with Crippen LogP contribution < -0.4 is 10.4 Å². The molecule has 4 rings (SSSR count). The van der Waals surface area contributed by atoms with E-state index in [4.69, 9.17) is 9.15 Å². The number of ether oxygens (including phenoxy) is 1. The molecule has 0 bridgehead atoms. The third-order valence-corrected chi connectivity index (χ3v) is 5.69. The first-order valence-electron chi connectivity index (χ1n) is 8.27. The summed E-state index contributed by atoms with van der Waals surface area (Å²) >= 11 is 1.68. The van der Waals surface area contributed by atoms with Gasteiger partial charge in [0.25, 0.3) is 5.91 Å². The number of benzene rings is 2. The summed E-state index contributed by atoms with van der Waals surface area (Å²) in [7, 11) is 1.62. The second-order valence-corrected chi connectivity index (χ2v) is 7.17. The Morgan fingerprint density at radius 1 is 1.19 bits per heavy atom. The van der Waals surface area contributed by atoms with Gasteiger partial charge in [-0.05, 0) is 29.8 Å². The number of hydrogen-bond acceptors (Lipinski definition) is 5. The molecule has 132 valence electrons. The zero-order valence-electron chi connectivity index (χ0n) is 14.2. The minimum atomic E-state index is -0.598. The second-order valence-electron chi connectivity index (χ2n) is 5.98. The van der Waals surface area contributed by atoms with Crippen LogP contribution in [0.1, 0.15) is 21.3 Å². The first kappa shape index (κ1) is 16.7. The summed E-state index contributed by atoms with van der Waals surface area (Å²) in [4.78, 5) is 27.1. The molecule has 2 aromatic carbocycles. The molecule has 1 aliphatic heterocycles. The number of fused-ring (bicyclic) bond motifs is 1. The van der Waals surface area contributed by atoms with Gasteiger partial charge in [-0.3, -0.25) is 4.79 Å². The van der Waals surface area contributed by atoms with E-state index < -0.39 is 5.63 Å². The van der Waals surface area contributed by atoms with Gasteiger partial charge in [-0.2, -0.15) is 0 Å². The van der Waals surface area contributed by atoms with Crippen LogP contribution in [-0.2, 0) is 0 Å². The van der Waals surface area contributed by atoms with Crippen molar-refractivity contribution >= 4 is 28.6 Å². The normalized spacial score (nSPS) is 16.8. The Morgan fingerprint density at radius 2 is 1.96 bits per heavy atom. The molecule has 6 heteroatoms. The van der Waals surface area contributed by atoms with Crippen LogP contribution in [0.4, 0.5) is 0 Å². The summed E-state index contributed by atoms with van der Waals surface area (Å²) in [5, 5.41) is 0.613. The number of carbonyl (C=O) groups excluding carboxylic acids is 1. The van der Waals surface area contributed by atoms with Gasteiger partial charge in [0.1, 0.15) is 22.3 Å². The maximum Gasteiger partial charge on any atom is 0.349 e. The highest BCUT2D eigenvalue weighted by Crippen LogP contribution is 2.39. The summed E-state index contributed by atoms with van der Waals surface area (Å²) in [6.07, 6.45) is 0. The molecule has 0 radical (unpaired) electrons. The third kappa shape index (κ3) is 2.97. The Morgan fingerprint density at radius 3 is 2.73 bits per heavy atom. The number of rotatable bonds is 3. The molecule has 1 amide bonds. The van der Waals surface area contributed by atoms with Crippen molar-refractivity contribution in [3.05, 3.63) is 76.1 Å². The molecule has 1 aliphatic rings. The van der Waals surface area contributed by atoms with E-state index in [1.165, 1.54) is 0 Å². The van der Waals surface area contributed by atoms with E-state index in [1.54, 1.807) is 42.0 Å². The molecule has 1 saturated heterocycles. The molecular weight excluding hydrogens is 350 g/mol. The quantitative estimate of drug-likeness (QED) is 0.661. The van der Waals surface area contributed by atoms with Crippen molar-refractivity contribution in [1.82, 2.24) is 4.90 Å². The molecule has 1 fully saturated rings. The highest BCUT2D eigenvalue weighted by Gasteiger charge is 2.32. The number of carbonyl (C=O) groups is 1. The van der Waals surface area contributed by atoms with Gasteiger partial charge in [0, 0.05) is 17.7 Å². The van der Waals surface area contributed by atoms with Crippen LogP contribution in [0.3, 0.4) is 0 Å². The van der Waals surface area contributed by atoms with Crippen molar-refractivity contribution in [2.75, 3.05) is 19.4 Å². The van der Waals surface area contributed by atoms with E-state index in [0.717, 1.165) is 22.5 Å². The predicted molar refractivity (Wildman–Crippen MR) is 102 cm³/mol. The van der Waals surface area contributed by atoms with Gasteiger partial charge in [0.05, 0.1) is 7.11 Å². The van der Waals surface area contributed by atoms with Gasteiger partial charge in [-0.15, -0.1) is 11.8 Å².